The predicted octanol–water partition coefficient (Wildman–Crippen LogP) is 2.09. The molecule has 0 radical (unpaired) electrons. The Kier molecular flexibility index (Phi) is 2.95. The van der Waals surface area contributed by atoms with E-state index in [1.54, 1.807) is 13.0 Å². The zero-order chi connectivity index (χ0) is 13.1. The van der Waals surface area contributed by atoms with Crippen molar-refractivity contribution in [3.05, 3.63) is 57.4 Å². The lowest BCUT2D eigenvalue weighted by molar-refractivity contribution is 1.17. The van der Waals surface area contributed by atoms with Gasteiger partial charge in [0.05, 0.1) is 11.3 Å². The molecule has 0 bridgehead atoms. The largest absolute Gasteiger partial charge is 0.320 e. The quantitative estimate of drug-likeness (QED) is 0.821. The molecule has 1 N–H and O–H groups in total. The normalized spacial score (nSPS) is 9.50. The molecule has 18 heavy (non-hydrogen) atoms. The van der Waals surface area contributed by atoms with E-state index in [0.29, 0.717) is 11.3 Å². The van der Waals surface area contributed by atoms with E-state index in [0.717, 1.165) is 5.56 Å². The summed E-state index contributed by atoms with van der Waals surface area (Å²) < 4.78 is 0. The summed E-state index contributed by atoms with van der Waals surface area (Å²) in [6.07, 6.45) is 0. The number of rotatable bonds is 1. The summed E-state index contributed by atoms with van der Waals surface area (Å²) in [6.45, 7) is 1.72. The zero-order valence-corrected chi connectivity index (χ0v) is 9.69. The highest BCUT2D eigenvalue weighted by Gasteiger charge is 2.14. The average molecular weight is 235 g/mol. The minimum absolute atomic E-state index is 0.130. The molecule has 0 saturated heterocycles. The fourth-order valence-corrected chi connectivity index (χ4v) is 1.84. The highest BCUT2D eigenvalue weighted by atomic mass is 16.1. The number of aromatic amines is 1. The van der Waals surface area contributed by atoms with E-state index in [1.165, 1.54) is 0 Å². The molecule has 0 aliphatic rings. The minimum Gasteiger partial charge on any atom is -0.320 e. The second-order valence-corrected chi connectivity index (χ2v) is 3.79. The molecule has 0 spiro atoms. The van der Waals surface area contributed by atoms with Crippen molar-refractivity contribution in [3.8, 4) is 23.4 Å². The van der Waals surface area contributed by atoms with E-state index in [4.69, 9.17) is 10.5 Å². The van der Waals surface area contributed by atoms with Crippen LogP contribution in [0.5, 0.6) is 0 Å². The van der Waals surface area contributed by atoms with Crippen LogP contribution in [0.2, 0.25) is 0 Å². The minimum atomic E-state index is -0.529. The second-order valence-electron chi connectivity index (χ2n) is 3.79. The van der Waals surface area contributed by atoms with Gasteiger partial charge in [0, 0.05) is 0 Å². The van der Waals surface area contributed by atoms with Gasteiger partial charge in [-0.1, -0.05) is 30.3 Å². The summed E-state index contributed by atoms with van der Waals surface area (Å²) in [5.41, 5.74) is 1.48. The molecular weight excluding hydrogens is 226 g/mol. The predicted molar refractivity (Wildman–Crippen MR) is 66.7 cm³/mol. The van der Waals surface area contributed by atoms with Crippen LogP contribution in [0.15, 0.2) is 35.1 Å². The first-order chi connectivity index (χ1) is 8.69. The van der Waals surface area contributed by atoms with Crippen LogP contribution in [0.3, 0.4) is 0 Å². The van der Waals surface area contributed by atoms with Gasteiger partial charge < -0.3 is 4.98 Å². The van der Waals surface area contributed by atoms with E-state index in [-0.39, 0.29) is 11.1 Å². The Balaban J connectivity index is 2.82. The maximum Gasteiger partial charge on any atom is 0.267 e. The molecule has 86 valence electrons. The van der Waals surface area contributed by atoms with Crippen LogP contribution in [0, 0.1) is 29.6 Å². The number of nitrogens with zero attached hydrogens (tertiary/aromatic N) is 2. The van der Waals surface area contributed by atoms with Crippen molar-refractivity contribution >= 4 is 0 Å². The summed E-state index contributed by atoms with van der Waals surface area (Å²) in [4.78, 5) is 14.4. The van der Waals surface area contributed by atoms with Gasteiger partial charge in [-0.15, -0.1) is 0 Å². The van der Waals surface area contributed by atoms with Gasteiger partial charge in [0.25, 0.3) is 5.56 Å². The van der Waals surface area contributed by atoms with E-state index >= 15 is 0 Å². The number of aromatic nitrogens is 1. The molecule has 0 fully saturated rings. The van der Waals surface area contributed by atoms with Crippen LogP contribution in [-0.4, -0.2) is 4.98 Å². The van der Waals surface area contributed by atoms with Crippen molar-refractivity contribution in [2.75, 3.05) is 0 Å². The number of nitriles is 2. The fourth-order valence-electron chi connectivity index (χ4n) is 1.84. The molecule has 0 aliphatic heterocycles. The van der Waals surface area contributed by atoms with Crippen molar-refractivity contribution in [1.29, 1.82) is 10.5 Å². The third kappa shape index (κ3) is 1.77. The molecule has 0 amide bonds. The number of hydrogen-bond donors (Lipinski definition) is 1. The van der Waals surface area contributed by atoms with E-state index in [2.05, 4.69) is 4.98 Å². The van der Waals surface area contributed by atoms with Gasteiger partial charge in [-0.05, 0) is 18.1 Å². The molecule has 4 heteroatoms. The lowest BCUT2D eigenvalue weighted by Crippen LogP contribution is -2.15. The SMILES string of the molecule is Cc1c(-c2ccccc2)[nH]c(=O)c(C#N)c1C#N. The Hall–Kier alpha value is -2.85. The Morgan fingerprint density at radius 2 is 1.67 bits per heavy atom. The van der Waals surface area contributed by atoms with Crippen molar-refractivity contribution < 1.29 is 0 Å². The molecule has 0 aliphatic carbocycles. The second kappa shape index (κ2) is 4.57. The average Bonchev–Trinajstić information content (AvgIpc) is 2.41. The van der Waals surface area contributed by atoms with Crippen molar-refractivity contribution in [1.82, 2.24) is 4.98 Å². The molecule has 0 atom stereocenters. The van der Waals surface area contributed by atoms with Crippen LogP contribution in [0.25, 0.3) is 11.3 Å². The third-order valence-electron chi connectivity index (χ3n) is 2.75. The van der Waals surface area contributed by atoms with Crippen LogP contribution in [0.4, 0.5) is 0 Å². The van der Waals surface area contributed by atoms with Crippen LogP contribution in [0.1, 0.15) is 16.7 Å². The van der Waals surface area contributed by atoms with E-state index in [9.17, 15) is 4.79 Å². The molecule has 1 heterocycles. The number of nitrogens with one attached hydrogen (secondary N) is 1. The van der Waals surface area contributed by atoms with Gasteiger partial charge in [-0.3, -0.25) is 4.79 Å². The Morgan fingerprint density at radius 3 is 2.22 bits per heavy atom. The summed E-state index contributed by atoms with van der Waals surface area (Å²) in [6, 6.07) is 12.9. The molecular formula is C14H9N3O. The van der Waals surface area contributed by atoms with Gasteiger partial charge in [0.1, 0.15) is 17.7 Å². The number of H-pyrrole nitrogens is 1. The van der Waals surface area contributed by atoms with Gasteiger partial charge in [0.2, 0.25) is 0 Å². The lowest BCUT2D eigenvalue weighted by atomic mass is 9.99. The summed E-state index contributed by atoms with van der Waals surface area (Å²) in [7, 11) is 0. The van der Waals surface area contributed by atoms with Crippen LogP contribution in [-0.2, 0) is 0 Å². The van der Waals surface area contributed by atoms with E-state index < -0.39 is 5.56 Å². The summed E-state index contributed by atoms with van der Waals surface area (Å²) in [5.74, 6) is 0. The molecule has 4 nitrogen and oxygen atoms in total. The van der Waals surface area contributed by atoms with Crippen molar-refractivity contribution in [2.24, 2.45) is 0 Å². The van der Waals surface area contributed by atoms with Gasteiger partial charge in [-0.25, -0.2) is 0 Å². The standard InChI is InChI=1S/C14H9N3O/c1-9-11(7-15)12(8-16)14(18)17-13(9)10-5-3-2-4-6-10/h2-6H,1H3,(H,17,18). The van der Waals surface area contributed by atoms with Crippen LogP contribution < -0.4 is 5.56 Å². The molecule has 1 aromatic carbocycles. The zero-order valence-electron chi connectivity index (χ0n) is 9.69. The highest BCUT2D eigenvalue weighted by Crippen LogP contribution is 2.22. The van der Waals surface area contributed by atoms with E-state index in [1.807, 2.05) is 36.4 Å². The van der Waals surface area contributed by atoms with Gasteiger partial charge >= 0.3 is 0 Å². The van der Waals surface area contributed by atoms with Gasteiger partial charge in [0.15, 0.2) is 0 Å². The smallest absolute Gasteiger partial charge is 0.267 e. The summed E-state index contributed by atoms with van der Waals surface area (Å²) in [5, 5.41) is 18.0. The monoisotopic (exact) mass is 235 g/mol. The Bertz CT molecular complexity index is 731. The number of pyridine rings is 1. The van der Waals surface area contributed by atoms with Gasteiger partial charge in [-0.2, -0.15) is 10.5 Å². The first kappa shape index (κ1) is 11.6. The molecule has 2 aromatic rings. The Labute approximate surface area is 104 Å². The molecule has 1 aromatic heterocycles. The molecule has 0 saturated carbocycles. The first-order valence-electron chi connectivity index (χ1n) is 5.31. The first-order valence-corrected chi connectivity index (χ1v) is 5.31. The lowest BCUT2D eigenvalue weighted by Gasteiger charge is -2.08. The van der Waals surface area contributed by atoms with Crippen molar-refractivity contribution in [3.63, 3.8) is 0 Å². The number of hydrogen-bond acceptors (Lipinski definition) is 3. The van der Waals surface area contributed by atoms with Crippen LogP contribution >= 0.6 is 0 Å². The fraction of sp³-hybridized carbons (Fsp3) is 0.0714. The Morgan fingerprint density at radius 1 is 1.06 bits per heavy atom. The maximum absolute atomic E-state index is 11.7. The molecule has 0 unspecified atom stereocenters. The summed E-state index contributed by atoms with van der Waals surface area (Å²) >= 11 is 0. The van der Waals surface area contributed by atoms with Crippen molar-refractivity contribution in [2.45, 2.75) is 6.92 Å². The number of benzene rings is 1. The third-order valence-corrected chi connectivity index (χ3v) is 2.75. The topological polar surface area (TPSA) is 80.4 Å². The maximum atomic E-state index is 11.7. The highest BCUT2D eigenvalue weighted by molar-refractivity contribution is 5.67. The molecule has 2 rings (SSSR count).